The number of nitrogens with zero attached hydrogens (tertiary/aromatic N) is 1. The normalized spacial score (nSPS) is 16.3. The van der Waals surface area contributed by atoms with Gasteiger partial charge in [0.05, 0.1) is 5.84 Å². The van der Waals surface area contributed by atoms with E-state index in [-0.39, 0.29) is 0 Å². The first-order valence-electron chi connectivity index (χ1n) is 7.12. The Bertz CT molecular complexity index is 390. The van der Waals surface area contributed by atoms with E-state index in [2.05, 4.69) is 48.4 Å². The first-order valence-corrected chi connectivity index (χ1v) is 7.12. The summed E-state index contributed by atoms with van der Waals surface area (Å²) in [6, 6.07) is 8.91. The van der Waals surface area contributed by atoms with Crippen LogP contribution < -0.4 is 5.32 Å². The van der Waals surface area contributed by atoms with E-state index in [9.17, 15) is 0 Å². The molecule has 0 amide bonds. The van der Waals surface area contributed by atoms with Crippen LogP contribution in [-0.2, 0) is 6.54 Å². The predicted molar refractivity (Wildman–Crippen MR) is 78.1 cm³/mol. The average molecular weight is 244 g/mol. The molecule has 0 aliphatic carbocycles. The van der Waals surface area contributed by atoms with Gasteiger partial charge in [0, 0.05) is 19.5 Å². The largest absolute Gasteiger partial charge is 0.370 e. The summed E-state index contributed by atoms with van der Waals surface area (Å²) >= 11 is 0. The Morgan fingerprint density at radius 3 is 2.61 bits per heavy atom. The van der Waals surface area contributed by atoms with Crippen LogP contribution in [0.3, 0.4) is 0 Å². The lowest BCUT2D eigenvalue weighted by Crippen LogP contribution is -2.22. The zero-order chi connectivity index (χ0) is 12.8. The topological polar surface area (TPSA) is 24.4 Å². The molecule has 0 saturated heterocycles. The minimum Gasteiger partial charge on any atom is -0.370 e. The highest BCUT2D eigenvalue weighted by atomic mass is 15.0. The number of aliphatic imine (C=N–C) groups is 1. The minimum atomic E-state index is 0.609. The summed E-state index contributed by atoms with van der Waals surface area (Å²) in [6.45, 7) is 6.35. The van der Waals surface area contributed by atoms with Gasteiger partial charge in [-0.1, -0.05) is 44.5 Å². The molecule has 1 aliphatic heterocycles. The predicted octanol–water partition coefficient (Wildman–Crippen LogP) is 3.87. The Kier molecular flexibility index (Phi) is 4.80. The summed E-state index contributed by atoms with van der Waals surface area (Å²) < 4.78 is 0. The Morgan fingerprint density at radius 1 is 1.11 bits per heavy atom. The van der Waals surface area contributed by atoms with Gasteiger partial charge in [-0.15, -0.1) is 0 Å². The lowest BCUT2D eigenvalue weighted by Gasteiger charge is -2.10. The molecule has 0 atom stereocenters. The second kappa shape index (κ2) is 6.58. The van der Waals surface area contributed by atoms with Crippen molar-refractivity contribution < 1.29 is 0 Å². The lowest BCUT2D eigenvalue weighted by atomic mass is 10.0. The van der Waals surface area contributed by atoms with Crippen molar-refractivity contribution in [3.63, 3.8) is 0 Å². The lowest BCUT2D eigenvalue weighted by molar-refractivity contribution is 0.728. The Hall–Kier alpha value is -1.31. The molecule has 1 aromatic carbocycles. The summed E-state index contributed by atoms with van der Waals surface area (Å²) in [7, 11) is 0. The molecule has 1 N–H and O–H groups in total. The smallest absolute Gasteiger partial charge is 0.0965 e. The van der Waals surface area contributed by atoms with Crippen LogP contribution in [0.2, 0.25) is 0 Å². The summed E-state index contributed by atoms with van der Waals surface area (Å²) in [5.74, 6) is 1.80. The number of rotatable bonds is 3. The second-order valence-electron chi connectivity index (χ2n) is 5.39. The Morgan fingerprint density at radius 2 is 1.89 bits per heavy atom. The molecule has 0 saturated carbocycles. The van der Waals surface area contributed by atoms with Crippen LogP contribution in [0.25, 0.3) is 0 Å². The van der Waals surface area contributed by atoms with Gasteiger partial charge in [0.2, 0.25) is 0 Å². The molecule has 0 bridgehead atoms. The summed E-state index contributed by atoms with van der Waals surface area (Å²) in [4.78, 5) is 4.59. The standard InChI is InChI=1S/C16H24N2/c1-13(2)15-9-7-14(8-10-15)12-18-16-6-4-3-5-11-17-16/h7-10,13H,3-6,11-12H2,1-2H3,(H,17,18). The zero-order valence-electron chi connectivity index (χ0n) is 11.6. The van der Waals surface area contributed by atoms with Crippen molar-refractivity contribution in [2.24, 2.45) is 4.99 Å². The van der Waals surface area contributed by atoms with Gasteiger partial charge >= 0.3 is 0 Å². The van der Waals surface area contributed by atoms with Crippen molar-refractivity contribution in [2.75, 3.05) is 6.54 Å². The van der Waals surface area contributed by atoms with E-state index in [1.165, 1.54) is 36.2 Å². The van der Waals surface area contributed by atoms with Gasteiger partial charge in [-0.2, -0.15) is 0 Å². The van der Waals surface area contributed by atoms with Gasteiger partial charge in [-0.25, -0.2) is 0 Å². The fraction of sp³-hybridized carbons (Fsp3) is 0.562. The van der Waals surface area contributed by atoms with Crippen LogP contribution in [0, 0.1) is 0 Å². The fourth-order valence-corrected chi connectivity index (χ4v) is 2.24. The maximum Gasteiger partial charge on any atom is 0.0965 e. The first kappa shape index (κ1) is 13.1. The monoisotopic (exact) mass is 244 g/mol. The molecule has 1 aromatic rings. The van der Waals surface area contributed by atoms with Crippen LogP contribution in [-0.4, -0.2) is 12.4 Å². The van der Waals surface area contributed by atoms with Crippen molar-refractivity contribution >= 4 is 5.84 Å². The molecule has 0 radical (unpaired) electrons. The van der Waals surface area contributed by atoms with E-state index in [0.717, 1.165) is 19.5 Å². The molecule has 1 heterocycles. The molecule has 0 aromatic heterocycles. The molecule has 2 heteroatoms. The second-order valence-corrected chi connectivity index (χ2v) is 5.39. The van der Waals surface area contributed by atoms with Gasteiger partial charge in [-0.05, 0) is 29.9 Å². The van der Waals surface area contributed by atoms with Gasteiger partial charge in [0.1, 0.15) is 0 Å². The van der Waals surface area contributed by atoms with E-state index < -0.39 is 0 Å². The number of nitrogens with one attached hydrogen (secondary N) is 1. The van der Waals surface area contributed by atoms with Crippen molar-refractivity contribution in [3.05, 3.63) is 35.4 Å². The molecule has 1 aliphatic rings. The van der Waals surface area contributed by atoms with E-state index in [1.807, 2.05) is 0 Å². The quantitative estimate of drug-likeness (QED) is 0.857. The average Bonchev–Trinajstić information content (AvgIpc) is 2.65. The van der Waals surface area contributed by atoms with Crippen LogP contribution in [0.15, 0.2) is 29.3 Å². The van der Waals surface area contributed by atoms with E-state index >= 15 is 0 Å². The SMILES string of the molecule is CC(C)c1ccc(CNC2=NCCCCC2)cc1. The molecular formula is C16H24N2. The van der Waals surface area contributed by atoms with Crippen LogP contribution in [0.5, 0.6) is 0 Å². The zero-order valence-corrected chi connectivity index (χ0v) is 11.6. The highest BCUT2D eigenvalue weighted by Crippen LogP contribution is 2.14. The summed E-state index contributed by atoms with van der Waals surface area (Å²) in [5, 5.41) is 3.48. The molecule has 18 heavy (non-hydrogen) atoms. The third kappa shape index (κ3) is 3.86. The maximum atomic E-state index is 4.59. The number of benzene rings is 1. The Labute approximate surface area is 111 Å². The molecule has 2 rings (SSSR count). The highest BCUT2D eigenvalue weighted by molar-refractivity contribution is 5.82. The minimum absolute atomic E-state index is 0.609. The van der Waals surface area contributed by atoms with Gasteiger partial charge in [0.25, 0.3) is 0 Å². The molecular weight excluding hydrogens is 220 g/mol. The van der Waals surface area contributed by atoms with Crippen LogP contribution >= 0.6 is 0 Å². The maximum absolute atomic E-state index is 4.59. The summed E-state index contributed by atoms with van der Waals surface area (Å²) in [6.07, 6.45) is 4.95. The van der Waals surface area contributed by atoms with Crippen molar-refractivity contribution in [3.8, 4) is 0 Å². The van der Waals surface area contributed by atoms with E-state index in [4.69, 9.17) is 0 Å². The van der Waals surface area contributed by atoms with Crippen molar-refractivity contribution in [2.45, 2.75) is 52.0 Å². The third-order valence-corrected chi connectivity index (χ3v) is 3.52. The van der Waals surface area contributed by atoms with Crippen molar-refractivity contribution in [1.82, 2.24) is 5.32 Å². The Balaban J connectivity index is 1.87. The van der Waals surface area contributed by atoms with Gasteiger partial charge < -0.3 is 5.32 Å². The molecule has 98 valence electrons. The third-order valence-electron chi connectivity index (χ3n) is 3.52. The van der Waals surface area contributed by atoms with Gasteiger partial charge in [-0.3, -0.25) is 4.99 Å². The van der Waals surface area contributed by atoms with Gasteiger partial charge in [0.15, 0.2) is 0 Å². The number of amidine groups is 1. The highest BCUT2D eigenvalue weighted by Gasteiger charge is 2.04. The summed E-state index contributed by atoms with van der Waals surface area (Å²) in [5.41, 5.74) is 2.75. The van der Waals surface area contributed by atoms with Crippen molar-refractivity contribution in [1.29, 1.82) is 0 Å². The van der Waals surface area contributed by atoms with E-state index in [0.29, 0.717) is 5.92 Å². The molecule has 2 nitrogen and oxygen atoms in total. The van der Waals surface area contributed by atoms with Crippen LogP contribution in [0.1, 0.15) is 56.6 Å². The molecule has 0 unspecified atom stereocenters. The van der Waals surface area contributed by atoms with Crippen LogP contribution in [0.4, 0.5) is 0 Å². The number of hydrogen-bond donors (Lipinski definition) is 1. The molecule has 0 spiro atoms. The molecule has 0 fully saturated rings. The first-order chi connectivity index (χ1) is 8.75. The number of hydrogen-bond acceptors (Lipinski definition) is 2. The van der Waals surface area contributed by atoms with E-state index in [1.54, 1.807) is 0 Å². The fourth-order valence-electron chi connectivity index (χ4n) is 2.24.